The number of halogens is 1. The summed E-state index contributed by atoms with van der Waals surface area (Å²) in [5, 5.41) is 7.79. The Labute approximate surface area is 167 Å². The fourth-order valence-corrected chi connectivity index (χ4v) is 3.46. The number of guanidine groups is 1. The lowest BCUT2D eigenvalue weighted by molar-refractivity contribution is 0.478. The first-order chi connectivity index (χ1) is 11.7. The van der Waals surface area contributed by atoms with Gasteiger partial charge in [-0.1, -0.05) is 24.3 Å². The van der Waals surface area contributed by atoms with E-state index in [-0.39, 0.29) is 24.0 Å². The van der Waals surface area contributed by atoms with Gasteiger partial charge in [0.25, 0.3) is 0 Å². The van der Waals surface area contributed by atoms with Crippen molar-refractivity contribution in [3.05, 3.63) is 53.3 Å². The number of benzene rings is 1. The largest absolute Gasteiger partial charge is 0.354 e. The van der Waals surface area contributed by atoms with Gasteiger partial charge in [-0.05, 0) is 37.0 Å². The van der Waals surface area contributed by atoms with Gasteiger partial charge in [0.2, 0.25) is 0 Å². The van der Waals surface area contributed by atoms with Gasteiger partial charge in [0, 0.05) is 38.8 Å². The quantitative estimate of drug-likeness (QED) is 0.440. The van der Waals surface area contributed by atoms with E-state index < -0.39 is 0 Å². The predicted octanol–water partition coefficient (Wildman–Crippen LogP) is 3.18. The molecular formula is C19H28IN5. The number of aromatic nitrogens is 2. The first kappa shape index (κ1) is 19.8. The second-order valence-electron chi connectivity index (χ2n) is 6.54. The molecule has 1 aromatic carbocycles. The molecule has 1 aromatic heterocycles. The third-order valence-electron chi connectivity index (χ3n) is 4.71. The van der Waals surface area contributed by atoms with Crippen LogP contribution in [0.25, 0.3) is 0 Å². The van der Waals surface area contributed by atoms with Gasteiger partial charge in [-0.25, -0.2) is 0 Å². The van der Waals surface area contributed by atoms with Crippen LogP contribution in [-0.2, 0) is 6.54 Å². The van der Waals surface area contributed by atoms with E-state index in [2.05, 4.69) is 64.6 Å². The maximum absolute atomic E-state index is 4.46. The van der Waals surface area contributed by atoms with E-state index >= 15 is 0 Å². The van der Waals surface area contributed by atoms with Gasteiger partial charge in [0.15, 0.2) is 5.96 Å². The van der Waals surface area contributed by atoms with Crippen molar-refractivity contribution in [1.82, 2.24) is 20.0 Å². The zero-order valence-electron chi connectivity index (χ0n) is 15.3. The van der Waals surface area contributed by atoms with Gasteiger partial charge in [0.1, 0.15) is 0 Å². The van der Waals surface area contributed by atoms with Crippen LogP contribution in [-0.4, -0.2) is 47.3 Å². The van der Waals surface area contributed by atoms with Crippen LogP contribution in [0.5, 0.6) is 0 Å². The van der Waals surface area contributed by atoms with Crippen LogP contribution in [0.2, 0.25) is 0 Å². The molecule has 0 bridgehead atoms. The van der Waals surface area contributed by atoms with Gasteiger partial charge < -0.3 is 10.2 Å². The molecule has 25 heavy (non-hydrogen) atoms. The number of aryl methyl sites for hydroxylation is 2. The van der Waals surface area contributed by atoms with Crippen LogP contribution in [0, 0.1) is 13.8 Å². The summed E-state index contributed by atoms with van der Waals surface area (Å²) in [4.78, 5) is 6.83. The number of nitrogens with zero attached hydrogens (tertiary/aromatic N) is 4. The maximum Gasteiger partial charge on any atom is 0.193 e. The smallest absolute Gasteiger partial charge is 0.193 e. The average molecular weight is 453 g/mol. The average Bonchev–Trinajstić information content (AvgIpc) is 3.21. The van der Waals surface area contributed by atoms with E-state index in [1.54, 1.807) is 0 Å². The number of likely N-dealkylation sites (tertiary alicyclic amines) is 1. The molecule has 1 fully saturated rings. The Morgan fingerprint density at radius 2 is 2.12 bits per heavy atom. The standard InChI is InChI=1S/C19H27N5.HI/c1-15-12-22-24(13-15)11-9-21-19(20-3)23-10-8-17(14-23)18-7-5-4-6-16(18)2;/h4-7,12-13,17H,8-11,14H2,1-3H3,(H,20,21);1H. The lowest BCUT2D eigenvalue weighted by Crippen LogP contribution is -2.41. The third kappa shape index (κ3) is 4.96. The third-order valence-corrected chi connectivity index (χ3v) is 4.71. The Hall–Kier alpha value is -1.57. The van der Waals surface area contributed by atoms with Crippen LogP contribution in [0.1, 0.15) is 29.0 Å². The molecule has 0 amide bonds. The highest BCUT2D eigenvalue weighted by atomic mass is 127. The molecule has 3 rings (SSSR count). The molecule has 1 atom stereocenters. The van der Waals surface area contributed by atoms with E-state index in [0.29, 0.717) is 5.92 Å². The van der Waals surface area contributed by atoms with Crippen LogP contribution < -0.4 is 5.32 Å². The molecule has 0 spiro atoms. The van der Waals surface area contributed by atoms with Crippen LogP contribution >= 0.6 is 24.0 Å². The van der Waals surface area contributed by atoms with Crippen molar-refractivity contribution in [2.24, 2.45) is 4.99 Å². The van der Waals surface area contributed by atoms with Gasteiger partial charge in [-0.3, -0.25) is 9.67 Å². The van der Waals surface area contributed by atoms with Crippen molar-refractivity contribution in [1.29, 1.82) is 0 Å². The highest BCUT2D eigenvalue weighted by Crippen LogP contribution is 2.29. The number of nitrogens with one attached hydrogen (secondary N) is 1. The van der Waals surface area contributed by atoms with Gasteiger partial charge in [0.05, 0.1) is 12.7 Å². The van der Waals surface area contributed by atoms with Crippen molar-refractivity contribution in [2.45, 2.75) is 32.7 Å². The Morgan fingerprint density at radius 1 is 1.32 bits per heavy atom. The molecule has 1 unspecified atom stereocenters. The summed E-state index contributed by atoms with van der Waals surface area (Å²) >= 11 is 0. The van der Waals surface area contributed by atoms with E-state index in [1.807, 2.05) is 17.9 Å². The minimum absolute atomic E-state index is 0. The molecule has 0 radical (unpaired) electrons. The minimum atomic E-state index is 0. The highest BCUT2D eigenvalue weighted by Gasteiger charge is 2.26. The molecule has 2 heterocycles. The van der Waals surface area contributed by atoms with Crippen molar-refractivity contribution < 1.29 is 0 Å². The summed E-state index contributed by atoms with van der Waals surface area (Å²) in [6.45, 7) is 8.04. The summed E-state index contributed by atoms with van der Waals surface area (Å²) < 4.78 is 1.97. The molecule has 0 saturated carbocycles. The summed E-state index contributed by atoms with van der Waals surface area (Å²) in [6.07, 6.45) is 5.14. The number of aliphatic imine (C=N–C) groups is 1. The molecule has 136 valence electrons. The van der Waals surface area contributed by atoms with E-state index in [0.717, 1.165) is 32.1 Å². The highest BCUT2D eigenvalue weighted by molar-refractivity contribution is 14.0. The van der Waals surface area contributed by atoms with Crippen molar-refractivity contribution in [3.8, 4) is 0 Å². The lowest BCUT2D eigenvalue weighted by Gasteiger charge is -2.22. The van der Waals surface area contributed by atoms with E-state index in [4.69, 9.17) is 0 Å². The van der Waals surface area contributed by atoms with Crippen molar-refractivity contribution in [3.63, 3.8) is 0 Å². The van der Waals surface area contributed by atoms with Crippen molar-refractivity contribution >= 4 is 29.9 Å². The van der Waals surface area contributed by atoms with Gasteiger partial charge >= 0.3 is 0 Å². The summed E-state index contributed by atoms with van der Waals surface area (Å²) in [5.74, 6) is 1.59. The molecule has 1 aliphatic heterocycles. The van der Waals surface area contributed by atoms with Gasteiger partial charge in [-0.15, -0.1) is 24.0 Å². The number of rotatable bonds is 4. The minimum Gasteiger partial charge on any atom is -0.354 e. The Morgan fingerprint density at radius 3 is 2.80 bits per heavy atom. The summed E-state index contributed by atoms with van der Waals surface area (Å²) in [7, 11) is 1.86. The van der Waals surface area contributed by atoms with E-state index in [9.17, 15) is 0 Å². The van der Waals surface area contributed by atoms with Crippen LogP contribution in [0.3, 0.4) is 0 Å². The summed E-state index contributed by atoms with van der Waals surface area (Å²) in [5.41, 5.74) is 4.06. The number of hydrogen-bond donors (Lipinski definition) is 1. The topological polar surface area (TPSA) is 45.5 Å². The molecular weight excluding hydrogens is 425 g/mol. The van der Waals surface area contributed by atoms with Gasteiger partial charge in [-0.2, -0.15) is 5.10 Å². The zero-order chi connectivity index (χ0) is 16.9. The Balaban J connectivity index is 0.00000225. The molecule has 1 aliphatic rings. The molecule has 1 N–H and O–H groups in total. The monoisotopic (exact) mass is 453 g/mol. The van der Waals surface area contributed by atoms with Crippen molar-refractivity contribution in [2.75, 3.05) is 26.7 Å². The molecule has 1 saturated heterocycles. The second kappa shape index (κ2) is 9.22. The normalized spacial score (nSPS) is 17.5. The predicted molar refractivity (Wildman–Crippen MR) is 114 cm³/mol. The lowest BCUT2D eigenvalue weighted by atomic mass is 9.94. The SMILES string of the molecule is CN=C(NCCn1cc(C)cn1)N1CCC(c2ccccc2C)C1.I. The fraction of sp³-hybridized carbons (Fsp3) is 0.474. The zero-order valence-corrected chi connectivity index (χ0v) is 17.6. The molecule has 0 aliphatic carbocycles. The Kier molecular flexibility index (Phi) is 7.28. The maximum atomic E-state index is 4.46. The molecule has 2 aromatic rings. The van der Waals surface area contributed by atoms with E-state index in [1.165, 1.54) is 23.1 Å². The Bertz CT molecular complexity index is 709. The van der Waals surface area contributed by atoms with Crippen LogP contribution in [0.4, 0.5) is 0 Å². The summed E-state index contributed by atoms with van der Waals surface area (Å²) in [6, 6.07) is 8.73. The molecule has 6 heteroatoms. The molecule has 5 nitrogen and oxygen atoms in total. The first-order valence-corrected chi connectivity index (χ1v) is 8.67. The first-order valence-electron chi connectivity index (χ1n) is 8.67. The second-order valence-corrected chi connectivity index (χ2v) is 6.54. The fourth-order valence-electron chi connectivity index (χ4n) is 3.46. The number of hydrogen-bond acceptors (Lipinski definition) is 2. The van der Waals surface area contributed by atoms with Crippen LogP contribution in [0.15, 0.2) is 41.7 Å².